The van der Waals surface area contributed by atoms with E-state index in [4.69, 9.17) is 23.2 Å². The molecule has 18 heavy (non-hydrogen) atoms. The number of nitrogens with one attached hydrogen (secondary N) is 1. The van der Waals surface area contributed by atoms with Crippen molar-refractivity contribution in [1.29, 1.82) is 0 Å². The van der Waals surface area contributed by atoms with Crippen LogP contribution in [-0.4, -0.2) is 4.98 Å². The van der Waals surface area contributed by atoms with Gasteiger partial charge in [-0.1, -0.05) is 40.6 Å². The summed E-state index contributed by atoms with van der Waals surface area (Å²) in [6.07, 6.45) is 0. The molecule has 0 aliphatic carbocycles. The summed E-state index contributed by atoms with van der Waals surface area (Å²) >= 11 is 15.1. The second-order valence-electron chi connectivity index (χ2n) is 3.67. The maximum Gasteiger partial charge on any atom is 0.184 e. The van der Waals surface area contributed by atoms with Crippen molar-refractivity contribution in [2.24, 2.45) is 0 Å². The molecule has 0 aliphatic heterocycles. The highest BCUT2D eigenvalue weighted by atomic mass is 35.5. The fraction of sp³-hybridized carbons (Fsp3) is 0.0833. The molecule has 0 amide bonds. The number of thiazole rings is 1. The number of hydrogen-bond donors (Lipinski definition) is 1. The minimum Gasteiger partial charge on any atom is -0.357 e. The molecule has 0 radical (unpaired) electrons. The maximum atomic E-state index is 6.12. The Labute approximate surface area is 122 Å². The number of nitrogens with zero attached hydrogens (tertiary/aromatic N) is 1. The fourth-order valence-corrected chi connectivity index (χ4v) is 3.78. The van der Waals surface area contributed by atoms with Crippen molar-refractivity contribution in [2.75, 3.05) is 5.32 Å². The summed E-state index contributed by atoms with van der Waals surface area (Å²) in [6, 6.07) is 9.67. The van der Waals surface area contributed by atoms with Crippen LogP contribution in [-0.2, 0) is 6.54 Å². The zero-order valence-electron chi connectivity index (χ0n) is 9.11. The Kier molecular flexibility index (Phi) is 3.43. The molecule has 0 fully saturated rings. The first-order valence-electron chi connectivity index (χ1n) is 5.25. The molecule has 3 rings (SSSR count). The molecule has 2 heterocycles. The number of aromatic nitrogens is 1. The van der Waals surface area contributed by atoms with Crippen LogP contribution in [0.3, 0.4) is 0 Å². The molecule has 0 unspecified atom stereocenters. The SMILES string of the molecule is Clc1ccc(CNc2nc3cccc(Cl)c3s2)s1. The van der Waals surface area contributed by atoms with Gasteiger partial charge in [-0.25, -0.2) is 4.98 Å². The minimum absolute atomic E-state index is 0.731. The first kappa shape index (κ1) is 12.2. The number of halogens is 2. The second-order valence-corrected chi connectivity index (χ2v) is 6.87. The molecule has 1 aromatic carbocycles. The molecular formula is C12H8Cl2N2S2. The summed E-state index contributed by atoms with van der Waals surface area (Å²) in [7, 11) is 0. The molecule has 1 N–H and O–H groups in total. The summed E-state index contributed by atoms with van der Waals surface area (Å²) in [4.78, 5) is 5.68. The van der Waals surface area contributed by atoms with Gasteiger partial charge in [-0.2, -0.15) is 0 Å². The Bertz CT molecular complexity index is 690. The molecule has 0 aliphatic rings. The fourth-order valence-electron chi connectivity index (χ4n) is 1.60. The molecule has 0 saturated carbocycles. The molecule has 92 valence electrons. The lowest BCUT2D eigenvalue weighted by Gasteiger charge is -1.98. The van der Waals surface area contributed by atoms with Gasteiger partial charge in [0.2, 0.25) is 0 Å². The number of benzene rings is 1. The van der Waals surface area contributed by atoms with Gasteiger partial charge in [-0.3, -0.25) is 0 Å². The van der Waals surface area contributed by atoms with Crippen molar-refractivity contribution in [3.8, 4) is 0 Å². The lowest BCUT2D eigenvalue weighted by Crippen LogP contribution is -1.95. The standard InChI is InChI=1S/C12H8Cl2N2S2/c13-8-2-1-3-9-11(8)18-12(16-9)15-6-7-4-5-10(14)17-7/h1-5H,6H2,(H,15,16). The highest BCUT2D eigenvalue weighted by Gasteiger charge is 2.06. The van der Waals surface area contributed by atoms with E-state index in [-0.39, 0.29) is 0 Å². The highest BCUT2D eigenvalue weighted by Crippen LogP contribution is 2.32. The number of anilines is 1. The van der Waals surface area contributed by atoms with E-state index >= 15 is 0 Å². The van der Waals surface area contributed by atoms with Crippen LogP contribution in [0.25, 0.3) is 10.2 Å². The summed E-state index contributed by atoms with van der Waals surface area (Å²) in [5, 5.41) is 4.92. The minimum atomic E-state index is 0.731. The number of rotatable bonds is 3. The average molecular weight is 315 g/mol. The molecule has 0 saturated heterocycles. The summed E-state index contributed by atoms with van der Waals surface area (Å²) in [5.74, 6) is 0. The van der Waals surface area contributed by atoms with Crippen molar-refractivity contribution >= 4 is 61.2 Å². The first-order valence-corrected chi connectivity index (χ1v) is 7.64. The van der Waals surface area contributed by atoms with Crippen molar-refractivity contribution in [3.05, 3.63) is 44.6 Å². The van der Waals surface area contributed by atoms with Crippen molar-refractivity contribution < 1.29 is 0 Å². The van der Waals surface area contributed by atoms with Crippen LogP contribution in [0.5, 0.6) is 0 Å². The number of hydrogen-bond acceptors (Lipinski definition) is 4. The third kappa shape index (κ3) is 2.47. The van der Waals surface area contributed by atoms with Crippen LogP contribution in [0.2, 0.25) is 9.36 Å². The van der Waals surface area contributed by atoms with Crippen LogP contribution < -0.4 is 5.32 Å². The van der Waals surface area contributed by atoms with Crippen LogP contribution >= 0.6 is 45.9 Å². The number of fused-ring (bicyclic) bond motifs is 1. The van der Waals surface area contributed by atoms with Gasteiger partial charge in [0.1, 0.15) is 0 Å². The predicted molar refractivity (Wildman–Crippen MR) is 81.3 cm³/mol. The van der Waals surface area contributed by atoms with Gasteiger partial charge < -0.3 is 5.32 Å². The molecule has 0 spiro atoms. The third-order valence-electron chi connectivity index (χ3n) is 2.41. The Morgan fingerprint density at radius 1 is 1.11 bits per heavy atom. The van der Waals surface area contributed by atoms with Gasteiger partial charge in [0.15, 0.2) is 5.13 Å². The van der Waals surface area contributed by atoms with Gasteiger partial charge in [0.05, 0.1) is 26.1 Å². The average Bonchev–Trinajstić information content (AvgIpc) is 2.93. The highest BCUT2D eigenvalue weighted by molar-refractivity contribution is 7.22. The maximum absolute atomic E-state index is 6.12. The van der Waals surface area contributed by atoms with E-state index in [2.05, 4.69) is 10.3 Å². The predicted octanol–water partition coefficient (Wildman–Crippen LogP) is 5.28. The topological polar surface area (TPSA) is 24.9 Å². The third-order valence-corrected chi connectivity index (χ3v) is 5.13. The van der Waals surface area contributed by atoms with E-state index in [0.29, 0.717) is 0 Å². The lowest BCUT2D eigenvalue weighted by molar-refractivity contribution is 1.18. The smallest absolute Gasteiger partial charge is 0.184 e. The van der Waals surface area contributed by atoms with E-state index in [1.54, 1.807) is 22.7 Å². The van der Waals surface area contributed by atoms with E-state index in [0.717, 1.165) is 31.3 Å². The normalized spacial score (nSPS) is 11.0. The zero-order chi connectivity index (χ0) is 12.5. The molecule has 0 atom stereocenters. The largest absolute Gasteiger partial charge is 0.357 e. The van der Waals surface area contributed by atoms with Gasteiger partial charge >= 0.3 is 0 Å². The van der Waals surface area contributed by atoms with Crippen molar-refractivity contribution in [2.45, 2.75) is 6.54 Å². The summed E-state index contributed by atoms with van der Waals surface area (Å²) in [6.45, 7) is 0.731. The molecule has 3 aromatic rings. The Morgan fingerprint density at radius 2 is 2.00 bits per heavy atom. The van der Waals surface area contributed by atoms with Crippen LogP contribution in [0.4, 0.5) is 5.13 Å². The monoisotopic (exact) mass is 314 g/mol. The van der Waals surface area contributed by atoms with Crippen LogP contribution in [0, 0.1) is 0 Å². The van der Waals surface area contributed by atoms with E-state index in [1.165, 1.54) is 4.88 Å². The first-order chi connectivity index (χ1) is 8.72. The Morgan fingerprint density at radius 3 is 2.72 bits per heavy atom. The molecule has 2 nitrogen and oxygen atoms in total. The molecular weight excluding hydrogens is 307 g/mol. The lowest BCUT2D eigenvalue weighted by atomic mass is 10.3. The van der Waals surface area contributed by atoms with Crippen molar-refractivity contribution in [3.63, 3.8) is 0 Å². The van der Waals surface area contributed by atoms with Crippen LogP contribution in [0.15, 0.2) is 30.3 Å². The van der Waals surface area contributed by atoms with Gasteiger partial charge in [-0.05, 0) is 24.3 Å². The Balaban J connectivity index is 1.81. The molecule has 0 bridgehead atoms. The van der Waals surface area contributed by atoms with Crippen molar-refractivity contribution in [1.82, 2.24) is 4.98 Å². The van der Waals surface area contributed by atoms with E-state index in [9.17, 15) is 0 Å². The summed E-state index contributed by atoms with van der Waals surface area (Å²) in [5.41, 5.74) is 0.930. The summed E-state index contributed by atoms with van der Waals surface area (Å²) < 4.78 is 1.82. The van der Waals surface area contributed by atoms with Gasteiger partial charge in [0, 0.05) is 4.88 Å². The van der Waals surface area contributed by atoms with E-state index in [1.807, 2.05) is 30.3 Å². The van der Waals surface area contributed by atoms with Crippen LogP contribution in [0.1, 0.15) is 4.88 Å². The second kappa shape index (κ2) is 5.05. The van der Waals surface area contributed by atoms with E-state index < -0.39 is 0 Å². The molecule has 6 heteroatoms. The van der Waals surface area contributed by atoms with Gasteiger partial charge in [0.25, 0.3) is 0 Å². The quantitative estimate of drug-likeness (QED) is 0.711. The zero-order valence-corrected chi connectivity index (χ0v) is 12.3. The Hall–Kier alpha value is -0.810. The number of thiophene rings is 1. The molecule has 2 aromatic heterocycles. The van der Waals surface area contributed by atoms with Gasteiger partial charge in [-0.15, -0.1) is 11.3 Å².